The first kappa shape index (κ1) is 11.6. The summed E-state index contributed by atoms with van der Waals surface area (Å²) >= 11 is 0. The van der Waals surface area contributed by atoms with Crippen molar-refractivity contribution in [1.82, 2.24) is 20.1 Å². The molecule has 1 unspecified atom stereocenters. The molecule has 1 N–H and O–H groups in total. The monoisotopic (exact) mass is 222 g/mol. The van der Waals surface area contributed by atoms with Crippen LogP contribution in [0.4, 0.5) is 0 Å². The fraction of sp³-hybridized carbons (Fsp3) is 0.833. The lowest BCUT2D eigenvalue weighted by Crippen LogP contribution is -2.43. The van der Waals surface area contributed by atoms with Crippen LogP contribution in [-0.2, 0) is 13.6 Å². The van der Waals surface area contributed by atoms with Crippen molar-refractivity contribution in [3.8, 4) is 0 Å². The number of hydrogen-bond donors (Lipinski definition) is 1. The van der Waals surface area contributed by atoms with E-state index in [2.05, 4.69) is 29.2 Å². The van der Waals surface area contributed by atoms with E-state index in [0.717, 1.165) is 12.4 Å². The Morgan fingerprint density at radius 1 is 1.50 bits per heavy atom. The van der Waals surface area contributed by atoms with E-state index in [9.17, 15) is 0 Å². The van der Waals surface area contributed by atoms with Gasteiger partial charge in [-0.05, 0) is 18.3 Å². The summed E-state index contributed by atoms with van der Waals surface area (Å²) in [4.78, 5) is 4.24. The third-order valence-electron chi connectivity index (χ3n) is 3.66. The van der Waals surface area contributed by atoms with Crippen LogP contribution in [0.2, 0.25) is 0 Å². The Labute approximate surface area is 97.5 Å². The van der Waals surface area contributed by atoms with Gasteiger partial charge in [-0.2, -0.15) is 5.10 Å². The molecule has 2 rings (SSSR count). The summed E-state index contributed by atoms with van der Waals surface area (Å²) in [7, 11) is 1.90. The molecule has 1 atom stereocenters. The Hall–Kier alpha value is -0.900. The van der Waals surface area contributed by atoms with Gasteiger partial charge in [-0.1, -0.05) is 26.7 Å². The highest BCUT2D eigenvalue weighted by atomic mass is 15.3. The van der Waals surface area contributed by atoms with Crippen LogP contribution in [0.5, 0.6) is 0 Å². The second-order valence-corrected chi connectivity index (χ2v) is 5.50. The van der Waals surface area contributed by atoms with Crippen molar-refractivity contribution in [2.24, 2.45) is 12.5 Å². The van der Waals surface area contributed by atoms with Crippen LogP contribution in [0.25, 0.3) is 0 Å². The molecule has 0 radical (unpaired) electrons. The molecular weight excluding hydrogens is 200 g/mol. The molecule has 1 aliphatic carbocycles. The largest absolute Gasteiger partial charge is 0.306 e. The van der Waals surface area contributed by atoms with E-state index in [1.807, 2.05) is 7.05 Å². The quantitative estimate of drug-likeness (QED) is 0.849. The lowest BCUT2D eigenvalue weighted by Gasteiger charge is -2.39. The topological polar surface area (TPSA) is 42.7 Å². The number of aromatic nitrogens is 3. The van der Waals surface area contributed by atoms with E-state index in [4.69, 9.17) is 0 Å². The average Bonchev–Trinajstić information content (AvgIpc) is 2.62. The summed E-state index contributed by atoms with van der Waals surface area (Å²) in [5.74, 6) is 0.892. The van der Waals surface area contributed by atoms with E-state index in [1.165, 1.54) is 25.7 Å². The highest BCUT2D eigenvalue weighted by molar-refractivity contribution is 4.90. The maximum Gasteiger partial charge on any atom is 0.164 e. The van der Waals surface area contributed by atoms with Gasteiger partial charge in [-0.25, -0.2) is 4.98 Å². The Balaban J connectivity index is 1.89. The molecule has 4 nitrogen and oxygen atoms in total. The van der Waals surface area contributed by atoms with Gasteiger partial charge in [-0.3, -0.25) is 4.68 Å². The van der Waals surface area contributed by atoms with Gasteiger partial charge in [0.25, 0.3) is 0 Å². The minimum absolute atomic E-state index is 0.410. The molecule has 1 aromatic heterocycles. The Kier molecular flexibility index (Phi) is 3.28. The van der Waals surface area contributed by atoms with Crippen LogP contribution in [-0.4, -0.2) is 20.8 Å². The van der Waals surface area contributed by atoms with Crippen LogP contribution in [0.3, 0.4) is 0 Å². The summed E-state index contributed by atoms with van der Waals surface area (Å²) in [5.41, 5.74) is 0.410. The Morgan fingerprint density at radius 2 is 2.31 bits per heavy atom. The first-order valence-electron chi connectivity index (χ1n) is 6.16. The van der Waals surface area contributed by atoms with Crippen molar-refractivity contribution in [1.29, 1.82) is 0 Å². The zero-order chi connectivity index (χ0) is 11.6. The second kappa shape index (κ2) is 4.53. The van der Waals surface area contributed by atoms with Crippen LogP contribution >= 0.6 is 0 Å². The summed E-state index contributed by atoms with van der Waals surface area (Å²) in [6.45, 7) is 5.50. The summed E-state index contributed by atoms with van der Waals surface area (Å²) < 4.78 is 1.75. The highest BCUT2D eigenvalue weighted by Gasteiger charge is 2.31. The predicted molar refractivity (Wildman–Crippen MR) is 63.9 cm³/mol. The van der Waals surface area contributed by atoms with Crippen molar-refractivity contribution in [3.63, 3.8) is 0 Å². The molecule has 0 aromatic carbocycles. The molecule has 1 saturated carbocycles. The van der Waals surface area contributed by atoms with Crippen LogP contribution < -0.4 is 5.32 Å². The van der Waals surface area contributed by atoms with Crippen LogP contribution in [0, 0.1) is 5.41 Å². The average molecular weight is 222 g/mol. The van der Waals surface area contributed by atoms with Gasteiger partial charge >= 0.3 is 0 Å². The molecule has 1 heterocycles. The molecule has 0 saturated heterocycles. The first-order chi connectivity index (χ1) is 7.58. The van der Waals surface area contributed by atoms with Crippen molar-refractivity contribution in [2.75, 3.05) is 0 Å². The molecular formula is C12H22N4. The Morgan fingerprint density at radius 3 is 2.94 bits per heavy atom. The van der Waals surface area contributed by atoms with Gasteiger partial charge in [0.15, 0.2) is 5.82 Å². The molecule has 1 aliphatic rings. The molecule has 4 heteroatoms. The molecule has 0 bridgehead atoms. The zero-order valence-electron chi connectivity index (χ0n) is 10.5. The van der Waals surface area contributed by atoms with Gasteiger partial charge in [0, 0.05) is 13.1 Å². The fourth-order valence-corrected chi connectivity index (χ4v) is 2.55. The number of nitrogens with one attached hydrogen (secondary N) is 1. The second-order valence-electron chi connectivity index (χ2n) is 5.50. The number of aryl methyl sites for hydroxylation is 1. The SMILES string of the molecule is Cn1cnc(CNC2CCCCC2(C)C)n1. The molecule has 1 aromatic rings. The predicted octanol–water partition coefficient (Wildman–Crippen LogP) is 1.87. The standard InChI is InChI=1S/C12H22N4/c1-12(2)7-5-4-6-10(12)13-8-11-14-9-16(3)15-11/h9-10,13H,4-8H2,1-3H3. The normalized spacial score (nSPS) is 24.6. The van der Waals surface area contributed by atoms with Crippen molar-refractivity contribution >= 4 is 0 Å². The van der Waals surface area contributed by atoms with Crippen LogP contribution in [0.1, 0.15) is 45.4 Å². The van der Waals surface area contributed by atoms with E-state index < -0.39 is 0 Å². The van der Waals surface area contributed by atoms with Gasteiger partial charge in [0.2, 0.25) is 0 Å². The van der Waals surface area contributed by atoms with Crippen molar-refractivity contribution in [3.05, 3.63) is 12.2 Å². The molecule has 90 valence electrons. The van der Waals surface area contributed by atoms with E-state index in [-0.39, 0.29) is 0 Å². The lowest BCUT2D eigenvalue weighted by atomic mass is 9.73. The van der Waals surface area contributed by atoms with Gasteiger partial charge in [-0.15, -0.1) is 0 Å². The molecule has 0 amide bonds. The molecule has 0 aliphatic heterocycles. The minimum Gasteiger partial charge on any atom is -0.306 e. The smallest absolute Gasteiger partial charge is 0.164 e. The highest BCUT2D eigenvalue weighted by Crippen LogP contribution is 2.35. The number of nitrogens with zero attached hydrogens (tertiary/aromatic N) is 3. The van der Waals surface area contributed by atoms with E-state index >= 15 is 0 Å². The summed E-state index contributed by atoms with van der Waals surface area (Å²) in [6, 6.07) is 0.602. The molecule has 16 heavy (non-hydrogen) atoms. The van der Waals surface area contributed by atoms with Gasteiger partial charge in [0.1, 0.15) is 6.33 Å². The van der Waals surface area contributed by atoms with Crippen LogP contribution in [0.15, 0.2) is 6.33 Å². The summed E-state index contributed by atoms with van der Waals surface area (Å²) in [5, 5.41) is 7.89. The third kappa shape index (κ3) is 2.61. The van der Waals surface area contributed by atoms with Gasteiger partial charge in [0.05, 0.1) is 6.54 Å². The van der Waals surface area contributed by atoms with Crippen molar-refractivity contribution < 1.29 is 0 Å². The molecule has 1 fully saturated rings. The first-order valence-corrected chi connectivity index (χ1v) is 6.16. The Bertz CT molecular complexity index is 343. The maximum atomic E-state index is 4.29. The van der Waals surface area contributed by atoms with E-state index in [0.29, 0.717) is 11.5 Å². The number of hydrogen-bond acceptors (Lipinski definition) is 3. The van der Waals surface area contributed by atoms with Gasteiger partial charge < -0.3 is 5.32 Å². The third-order valence-corrected chi connectivity index (χ3v) is 3.66. The van der Waals surface area contributed by atoms with E-state index in [1.54, 1.807) is 11.0 Å². The summed E-state index contributed by atoms with van der Waals surface area (Å²) in [6.07, 6.45) is 7.06. The maximum absolute atomic E-state index is 4.29. The zero-order valence-corrected chi connectivity index (χ0v) is 10.5. The molecule has 0 spiro atoms. The number of rotatable bonds is 3. The fourth-order valence-electron chi connectivity index (χ4n) is 2.55. The minimum atomic E-state index is 0.410. The lowest BCUT2D eigenvalue weighted by molar-refractivity contribution is 0.166. The van der Waals surface area contributed by atoms with Crippen molar-refractivity contribution in [2.45, 2.75) is 52.1 Å².